The molecule has 0 spiro atoms. The van der Waals surface area contributed by atoms with Crippen LogP contribution in [0, 0.1) is 13.8 Å². The van der Waals surface area contributed by atoms with Crippen LogP contribution in [0.4, 0.5) is 11.4 Å². The Morgan fingerprint density at radius 1 is 0.676 bits per heavy atom. The Labute approximate surface area is 223 Å². The van der Waals surface area contributed by atoms with E-state index >= 15 is 0 Å². The fourth-order valence-corrected chi connectivity index (χ4v) is 4.45. The number of carbonyl (C=O) groups excluding carboxylic acids is 1. The molecule has 0 bridgehead atoms. The lowest BCUT2D eigenvalue weighted by atomic mass is 10.0. The van der Waals surface area contributed by atoms with Gasteiger partial charge in [0.05, 0.1) is 0 Å². The molecule has 0 saturated carbocycles. The molecule has 0 heterocycles. The molecule has 0 radical (unpaired) electrons. The van der Waals surface area contributed by atoms with Crippen molar-refractivity contribution < 1.29 is 4.79 Å². The topological polar surface area (TPSA) is 23.6 Å². The summed E-state index contributed by atoms with van der Waals surface area (Å²) < 4.78 is 0. The lowest BCUT2D eigenvalue weighted by Gasteiger charge is -2.23. The zero-order valence-electron chi connectivity index (χ0n) is 19.7. The summed E-state index contributed by atoms with van der Waals surface area (Å²) in [6, 6.07) is 12.3. The Bertz CT molecular complexity index is 901. The van der Waals surface area contributed by atoms with Gasteiger partial charge in [-0.05, 0) is 72.5 Å². The van der Waals surface area contributed by atoms with Crippen molar-refractivity contribution in [3.05, 3.63) is 70.8 Å². The van der Waals surface area contributed by atoms with Crippen LogP contribution in [0.15, 0.2) is 48.6 Å². The first kappa shape index (κ1) is 28.6. The van der Waals surface area contributed by atoms with Crippen molar-refractivity contribution in [3.63, 3.8) is 0 Å². The maximum absolute atomic E-state index is 12.5. The summed E-state index contributed by atoms with van der Waals surface area (Å²) in [4.78, 5) is 16.8. The van der Waals surface area contributed by atoms with Crippen molar-refractivity contribution in [2.45, 2.75) is 13.8 Å². The summed E-state index contributed by atoms with van der Waals surface area (Å²) in [6.07, 6.45) is 6.90. The van der Waals surface area contributed by atoms with Gasteiger partial charge >= 0.3 is 0 Å². The van der Waals surface area contributed by atoms with Crippen LogP contribution in [0.5, 0.6) is 0 Å². The van der Waals surface area contributed by atoms with Gasteiger partial charge in [-0.1, -0.05) is 24.3 Å². The van der Waals surface area contributed by atoms with E-state index in [0.717, 1.165) is 59.8 Å². The van der Waals surface area contributed by atoms with Crippen LogP contribution in [0.1, 0.15) is 22.3 Å². The molecule has 0 aromatic heterocycles. The second-order valence-corrected chi connectivity index (χ2v) is 9.39. The molecule has 0 N–H and O–H groups in total. The predicted octanol–water partition coefficient (Wildman–Crippen LogP) is 7.17. The smallest absolute Gasteiger partial charge is 0.178 e. The van der Waals surface area contributed by atoms with E-state index in [9.17, 15) is 4.79 Å². The summed E-state index contributed by atoms with van der Waals surface area (Å²) in [7, 11) is 0. The Morgan fingerprint density at radius 3 is 1.32 bits per heavy atom. The van der Waals surface area contributed by atoms with Gasteiger partial charge in [0.25, 0.3) is 0 Å². The molecule has 0 unspecified atom stereocenters. The van der Waals surface area contributed by atoms with Gasteiger partial charge in [0.1, 0.15) is 0 Å². The Morgan fingerprint density at radius 2 is 1.03 bits per heavy atom. The van der Waals surface area contributed by atoms with Crippen LogP contribution < -0.4 is 9.80 Å². The quantitative estimate of drug-likeness (QED) is 0.187. The zero-order chi connectivity index (χ0) is 24.9. The first-order chi connectivity index (χ1) is 16.4. The van der Waals surface area contributed by atoms with E-state index < -0.39 is 0 Å². The number of allylic oxidation sites excluding steroid dienone is 2. The van der Waals surface area contributed by atoms with Gasteiger partial charge in [0.2, 0.25) is 0 Å². The van der Waals surface area contributed by atoms with Gasteiger partial charge in [-0.25, -0.2) is 0 Å². The maximum Gasteiger partial charge on any atom is 0.178 e. The SMILES string of the molecule is Cc1cc(N(CCCl)CCCl)ccc1/C=C/C(=O)/C=C/c1ccc(N(CCCl)CCCl)cc1C. The first-order valence-corrected chi connectivity index (χ1v) is 13.4. The number of aryl methyl sites for hydroxylation is 2. The lowest BCUT2D eigenvalue weighted by molar-refractivity contribution is -0.110. The molecular weight excluding hydrogens is 510 g/mol. The number of rotatable bonds is 14. The summed E-state index contributed by atoms with van der Waals surface area (Å²) in [6.45, 7) is 7.03. The summed E-state index contributed by atoms with van der Waals surface area (Å²) >= 11 is 23.7. The number of halogens is 4. The van der Waals surface area contributed by atoms with E-state index in [1.807, 2.05) is 50.3 Å². The Kier molecular flexibility index (Phi) is 12.9. The molecular formula is C27H32Cl4N2O. The van der Waals surface area contributed by atoms with E-state index in [1.165, 1.54) is 0 Å². The van der Waals surface area contributed by atoms with E-state index in [1.54, 1.807) is 12.2 Å². The number of carbonyl (C=O) groups is 1. The van der Waals surface area contributed by atoms with Crippen LogP contribution in [0.25, 0.3) is 12.2 Å². The highest BCUT2D eigenvalue weighted by molar-refractivity contribution is 6.19. The number of alkyl halides is 4. The molecule has 0 amide bonds. The van der Waals surface area contributed by atoms with Crippen LogP contribution >= 0.6 is 46.4 Å². The summed E-state index contributed by atoms with van der Waals surface area (Å²) in [5.74, 6) is 2.10. The predicted molar refractivity (Wildman–Crippen MR) is 153 cm³/mol. The molecule has 0 aliphatic rings. The number of hydrogen-bond acceptors (Lipinski definition) is 3. The highest BCUT2D eigenvalue weighted by Crippen LogP contribution is 2.22. The standard InChI is InChI=1S/C27H32Cl4N2O/c1-21-19-25(32(15-11-28)16-12-29)7-3-23(21)5-9-27(34)10-6-24-4-8-26(20-22(24)2)33(17-13-30)18-14-31/h3-10,19-20H,11-18H2,1-2H3/b9-5+,10-6+. The third-order valence-corrected chi connectivity index (χ3v) is 6.19. The monoisotopic (exact) mass is 540 g/mol. The van der Waals surface area contributed by atoms with E-state index in [0.29, 0.717) is 23.5 Å². The lowest BCUT2D eigenvalue weighted by Crippen LogP contribution is -2.27. The van der Waals surface area contributed by atoms with Crippen molar-refractivity contribution >= 4 is 75.7 Å². The average molecular weight is 542 g/mol. The summed E-state index contributed by atoms with van der Waals surface area (Å²) in [5.41, 5.74) is 6.34. The average Bonchev–Trinajstić information content (AvgIpc) is 2.82. The van der Waals surface area contributed by atoms with Crippen molar-refractivity contribution in [2.75, 3.05) is 59.5 Å². The highest BCUT2D eigenvalue weighted by Gasteiger charge is 2.08. The summed E-state index contributed by atoms with van der Waals surface area (Å²) in [5, 5.41) is 0. The van der Waals surface area contributed by atoms with E-state index in [2.05, 4.69) is 21.9 Å². The minimum atomic E-state index is -0.0660. The highest BCUT2D eigenvalue weighted by atomic mass is 35.5. The maximum atomic E-state index is 12.5. The molecule has 0 aliphatic carbocycles. The van der Waals surface area contributed by atoms with Gasteiger partial charge in [-0.15, -0.1) is 46.4 Å². The second-order valence-electron chi connectivity index (χ2n) is 7.88. The largest absolute Gasteiger partial charge is 0.369 e. The third-order valence-electron chi connectivity index (χ3n) is 5.51. The minimum absolute atomic E-state index is 0.0660. The van der Waals surface area contributed by atoms with Crippen LogP contribution in [0.3, 0.4) is 0 Å². The van der Waals surface area contributed by atoms with Gasteiger partial charge in [0, 0.05) is 61.1 Å². The minimum Gasteiger partial charge on any atom is -0.369 e. The molecule has 0 atom stereocenters. The first-order valence-electron chi connectivity index (χ1n) is 11.3. The molecule has 7 heteroatoms. The number of hydrogen-bond donors (Lipinski definition) is 0. The number of ketones is 1. The normalized spacial score (nSPS) is 11.5. The number of benzene rings is 2. The Balaban J connectivity index is 2.07. The van der Waals surface area contributed by atoms with Crippen LogP contribution in [0.2, 0.25) is 0 Å². The molecule has 0 saturated heterocycles. The molecule has 2 aromatic rings. The molecule has 0 fully saturated rings. The van der Waals surface area contributed by atoms with Gasteiger partial charge in [0.15, 0.2) is 5.78 Å². The molecule has 184 valence electrons. The van der Waals surface area contributed by atoms with Crippen LogP contribution in [-0.4, -0.2) is 55.5 Å². The van der Waals surface area contributed by atoms with Crippen molar-refractivity contribution in [3.8, 4) is 0 Å². The fraction of sp³-hybridized carbons (Fsp3) is 0.370. The molecule has 2 rings (SSSR count). The van der Waals surface area contributed by atoms with Crippen molar-refractivity contribution in [1.29, 1.82) is 0 Å². The number of nitrogens with zero attached hydrogens (tertiary/aromatic N) is 2. The molecule has 34 heavy (non-hydrogen) atoms. The van der Waals surface area contributed by atoms with Gasteiger partial charge in [-0.3, -0.25) is 4.79 Å². The molecule has 2 aromatic carbocycles. The second kappa shape index (κ2) is 15.4. The van der Waals surface area contributed by atoms with E-state index in [4.69, 9.17) is 46.4 Å². The van der Waals surface area contributed by atoms with Gasteiger partial charge in [-0.2, -0.15) is 0 Å². The fourth-order valence-electron chi connectivity index (χ4n) is 3.63. The number of anilines is 2. The van der Waals surface area contributed by atoms with Crippen molar-refractivity contribution in [1.82, 2.24) is 0 Å². The molecule has 3 nitrogen and oxygen atoms in total. The van der Waals surface area contributed by atoms with Gasteiger partial charge < -0.3 is 9.80 Å². The Hall–Kier alpha value is -1.65. The van der Waals surface area contributed by atoms with E-state index in [-0.39, 0.29) is 5.78 Å². The molecule has 0 aliphatic heterocycles. The zero-order valence-corrected chi connectivity index (χ0v) is 22.8. The third kappa shape index (κ3) is 8.85. The van der Waals surface area contributed by atoms with Crippen LogP contribution in [-0.2, 0) is 4.79 Å². The van der Waals surface area contributed by atoms with Crippen molar-refractivity contribution in [2.24, 2.45) is 0 Å².